The molecule has 1 aliphatic carbocycles. The normalized spacial score (nSPS) is 17.7. The van der Waals surface area contributed by atoms with Crippen LogP contribution < -0.4 is 15.1 Å². The lowest BCUT2D eigenvalue weighted by Crippen LogP contribution is -2.34. The standard InChI is InChI=1S/C21H28N6O3S/c1-25(2)31(29,30)17-10-8-15(9-11-17)23-21-22-14-18-20(24-21)27(16-6-4-5-7-16)13-12-19(28)26(18)3/h8-11,14,16H,4-7,12-13H2,1-3H3,(H,22,23,24). The molecule has 1 aromatic carbocycles. The maximum Gasteiger partial charge on any atom is 0.242 e. The molecule has 0 spiro atoms. The van der Waals surface area contributed by atoms with E-state index in [1.54, 1.807) is 42.4 Å². The molecule has 0 atom stereocenters. The topological polar surface area (TPSA) is 98.7 Å². The minimum atomic E-state index is -3.48. The van der Waals surface area contributed by atoms with Gasteiger partial charge in [0.05, 0.1) is 11.1 Å². The molecule has 4 rings (SSSR count). The summed E-state index contributed by atoms with van der Waals surface area (Å²) in [7, 11) is 1.29. The SMILES string of the molecule is CN1C(=O)CCN(C2CCCC2)c2nc(Nc3ccc(S(=O)(=O)N(C)C)cc3)ncc21. The van der Waals surface area contributed by atoms with Gasteiger partial charge in [-0.05, 0) is 37.1 Å². The molecule has 10 heteroatoms. The predicted octanol–water partition coefficient (Wildman–Crippen LogP) is 2.59. The minimum absolute atomic E-state index is 0.0590. The summed E-state index contributed by atoms with van der Waals surface area (Å²) >= 11 is 0. The summed E-state index contributed by atoms with van der Waals surface area (Å²) in [6.07, 6.45) is 6.73. The molecule has 1 aliphatic heterocycles. The van der Waals surface area contributed by atoms with Gasteiger partial charge < -0.3 is 15.1 Å². The van der Waals surface area contributed by atoms with E-state index in [1.165, 1.54) is 31.2 Å². The van der Waals surface area contributed by atoms with Gasteiger partial charge in [0.1, 0.15) is 5.69 Å². The first-order valence-corrected chi connectivity index (χ1v) is 11.9. The fourth-order valence-corrected chi connectivity index (χ4v) is 5.02. The number of nitrogens with one attached hydrogen (secondary N) is 1. The average Bonchev–Trinajstić information content (AvgIpc) is 3.24. The van der Waals surface area contributed by atoms with Crippen molar-refractivity contribution in [1.82, 2.24) is 14.3 Å². The number of sulfonamides is 1. The molecule has 0 bridgehead atoms. The van der Waals surface area contributed by atoms with Crippen LogP contribution in [0.1, 0.15) is 32.1 Å². The van der Waals surface area contributed by atoms with E-state index in [-0.39, 0.29) is 10.8 Å². The number of fused-ring (bicyclic) bond motifs is 1. The first-order chi connectivity index (χ1) is 14.8. The first-order valence-electron chi connectivity index (χ1n) is 10.5. The second-order valence-corrected chi connectivity index (χ2v) is 10.3. The second kappa shape index (κ2) is 8.43. The predicted molar refractivity (Wildman–Crippen MR) is 120 cm³/mol. The maximum atomic E-state index is 12.4. The largest absolute Gasteiger partial charge is 0.351 e. The van der Waals surface area contributed by atoms with Crippen LogP contribution in [-0.2, 0) is 14.8 Å². The Bertz CT molecular complexity index is 1070. The number of aromatic nitrogens is 2. The number of amides is 1. The highest BCUT2D eigenvalue weighted by atomic mass is 32.2. The van der Waals surface area contributed by atoms with Gasteiger partial charge in [0.2, 0.25) is 21.9 Å². The monoisotopic (exact) mass is 444 g/mol. The molecule has 1 amide bonds. The Labute approximate surface area is 183 Å². The van der Waals surface area contributed by atoms with Gasteiger partial charge in [-0.15, -0.1) is 0 Å². The van der Waals surface area contributed by atoms with Gasteiger partial charge in [-0.1, -0.05) is 12.8 Å². The molecule has 1 saturated carbocycles. The van der Waals surface area contributed by atoms with Crippen molar-refractivity contribution in [2.24, 2.45) is 0 Å². The highest BCUT2D eigenvalue weighted by Crippen LogP contribution is 2.36. The molecular weight excluding hydrogens is 416 g/mol. The van der Waals surface area contributed by atoms with Crippen LogP contribution in [-0.4, -0.2) is 62.3 Å². The fourth-order valence-electron chi connectivity index (χ4n) is 4.12. The maximum absolute atomic E-state index is 12.4. The van der Waals surface area contributed by atoms with E-state index in [9.17, 15) is 13.2 Å². The van der Waals surface area contributed by atoms with E-state index in [1.807, 2.05) is 0 Å². The third-order valence-corrected chi connectivity index (χ3v) is 7.81. The zero-order valence-corrected chi connectivity index (χ0v) is 18.9. The van der Waals surface area contributed by atoms with E-state index in [0.717, 1.165) is 18.7 Å². The second-order valence-electron chi connectivity index (χ2n) is 8.17. The molecule has 9 nitrogen and oxygen atoms in total. The van der Waals surface area contributed by atoms with Crippen LogP contribution in [0.15, 0.2) is 35.4 Å². The lowest BCUT2D eigenvalue weighted by Gasteiger charge is -2.30. The van der Waals surface area contributed by atoms with Crippen LogP contribution in [0.2, 0.25) is 0 Å². The highest BCUT2D eigenvalue weighted by molar-refractivity contribution is 7.89. The fraction of sp³-hybridized carbons (Fsp3) is 0.476. The third-order valence-electron chi connectivity index (χ3n) is 5.98. The van der Waals surface area contributed by atoms with Gasteiger partial charge in [0, 0.05) is 45.8 Å². The van der Waals surface area contributed by atoms with Crippen molar-refractivity contribution in [3.05, 3.63) is 30.5 Å². The Morgan fingerprint density at radius 2 is 1.81 bits per heavy atom. The summed E-state index contributed by atoms with van der Waals surface area (Å²) in [4.78, 5) is 25.7. The molecule has 2 heterocycles. The highest BCUT2D eigenvalue weighted by Gasteiger charge is 2.31. The summed E-state index contributed by atoms with van der Waals surface area (Å²) in [6, 6.07) is 6.87. The molecule has 0 saturated heterocycles. The van der Waals surface area contributed by atoms with E-state index in [4.69, 9.17) is 4.98 Å². The van der Waals surface area contributed by atoms with Gasteiger partial charge in [0.25, 0.3) is 0 Å². The number of anilines is 4. The number of carbonyl (C=O) groups is 1. The lowest BCUT2D eigenvalue weighted by molar-refractivity contribution is -0.118. The molecule has 1 N–H and O–H groups in total. The zero-order valence-electron chi connectivity index (χ0n) is 18.1. The average molecular weight is 445 g/mol. The molecule has 0 radical (unpaired) electrons. The quantitative estimate of drug-likeness (QED) is 0.757. The minimum Gasteiger partial charge on any atom is -0.351 e. The van der Waals surface area contributed by atoms with Crippen molar-refractivity contribution < 1.29 is 13.2 Å². The number of hydrogen-bond donors (Lipinski definition) is 1. The molecule has 31 heavy (non-hydrogen) atoms. The van der Waals surface area contributed by atoms with Gasteiger partial charge >= 0.3 is 0 Å². The van der Waals surface area contributed by atoms with Crippen molar-refractivity contribution in [3.63, 3.8) is 0 Å². The van der Waals surface area contributed by atoms with Crippen molar-refractivity contribution in [1.29, 1.82) is 0 Å². The van der Waals surface area contributed by atoms with E-state index >= 15 is 0 Å². The number of hydrogen-bond acceptors (Lipinski definition) is 7. The number of benzene rings is 1. The Balaban J connectivity index is 1.63. The van der Waals surface area contributed by atoms with E-state index in [2.05, 4.69) is 15.2 Å². The first kappa shape index (κ1) is 21.5. The molecule has 166 valence electrons. The number of carbonyl (C=O) groups excluding carboxylic acids is 1. The van der Waals surface area contributed by atoms with Crippen LogP contribution >= 0.6 is 0 Å². The number of nitrogens with zero attached hydrogens (tertiary/aromatic N) is 5. The zero-order chi connectivity index (χ0) is 22.2. The van der Waals surface area contributed by atoms with Crippen LogP contribution in [0.4, 0.5) is 23.1 Å². The number of rotatable bonds is 5. The van der Waals surface area contributed by atoms with Crippen molar-refractivity contribution >= 4 is 39.1 Å². The molecule has 2 aromatic rings. The summed E-state index contributed by atoms with van der Waals surface area (Å²) < 4.78 is 25.7. The Morgan fingerprint density at radius 3 is 2.45 bits per heavy atom. The third kappa shape index (κ3) is 4.22. The molecular formula is C21H28N6O3S. The van der Waals surface area contributed by atoms with Gasteiger partial charge in [-0.25, -0.2) is 17.7 Å². The van der Waals surface area contributed by atoms with Crippen LogP contribution in [0, 0.1) is 0 Å². The van der Waals surface area contributed by atoms with Gasteiger partial charge in [0.15, 0.2) is 5.82 Å². The van der Waals surface area contributed by atoms with Crippen molar-refractivity contribution in [3.8, 4) is 0 Å². The van der Waals surface area contributed by atoms with E-state index < -0.39 is 10.0 Å². The Morgan fingerprint density at radius 1 is 1.13 bits per heavy atom. The molecule has 1 aromatic heterocycles. The van der Waals surface area contributed by atoms with Crippen molar-refractivity contribution in [2.75, 3.05) is 42.8 Å². The lowest BCUT2D eigenvalue weighted by atomic mass is 10.2. The summed E-state index contributed by atoms with van der Waals surface area (Å²) in [5, 5.41) is 3.16. The van der Waals surface area contributed by atoms with Gasteiger partial charge in [-0.3, -0.25) is 4.79 Å². The van der Waals surface area contributed by atoms with Gasteiger partial charge in [-0.2, -0.15) is 4.98 Å². The summed E-state index contributed by atoms with van der Waals surface area (Å²) in [5.41, 5.74) is 1.40. The molecule has 2 aliphatic rings. The Hall–Kier alpha value is -2.72. The summed E-state index contributed by atoms with van der Waals surface area (Å²) in [5.74, 6) is 1.24. The van der Waals surface area contributed by atoms with Crippen LogP contribution in [0.25, 0.3) is 0 Å². The van der Waals surface area contributed by atoms with Crippen LogP contribution in [0.5, 0.6) is 0 Å². The molecule has 1 fully saturated rings. The van der Waals surface area contributed by atoms with E-state index in [0.29, 0.717) is 36.3 Å². The van der Waals surface area contributed by atoms with Crippen molar-refractivity contribution in [2.45, 2.75) is 43.0 Å². The summed E-state index contributed by atoms with van der Waals surface area (Å²) in [6.45, 7) is 0.647. The molecule has 0 unspecified atom stereocenters. The Kier molecular flexibility index (Phi) is 5.85. The smallest absolute Gasteiger partial charge is 0.242 e. The van der Waals surface area contributed by atoms with Crippen LogP contribution in [0.3, 0.4) is 0 Å².